The molecule has 0 saturated heterocycles. The first-order chi connectivity index (χ1) is 17.7. The molecule has 4 rings (SSSR count). The van der Waals surface area contributed by atoms with E-state index in [1.54, 1.807) is 20.3 Å². The van der Waals surface area contributed by atoms with Crippen LogP contribution in [0.4, 0.5) is 0 Å². The first-order valence-corrected chi connectivity index (χ1v) is 12.1. The Bertz CT molecular complexity index is 1350. The molecule has 36 heavy (non-hydrogen) atoms. The van der Waals surface area contributed by atoms with Gasteiger partial charge in [-0.2, -0.15) is 5.10 Å². The number of amides is 1. The Labute approximate surface area is 213 Å². The lowest BCUT2D eigenvalue weighted by Crippen LogP contribution is -2.19. The molecule has 0 unspecified atom stereocenters. The summed E-state index contributed by atoms with van der Waals surface area (Å²) in [6, 6.07) is 25.0. The molecule has 8 nitrogen and oxygen atoms in total. The van der Waals surface area contributed by atoms with Crippen molar-refractivity contribution in [3.63, 3.8) is 0 Å². The van der Waals surface area contributed by atoms with Crippen LogP contribution in [0.3, 0.4) is 0 Å². The van der Waals surface area contributed by atoms with Crippen molar-refractivity contribution in [1.29, 1.82) is 0 Å². The number of para-hydroxylation sites is 2. The Balaban J connectivity index is 1.42. The molecule has 0 spiro atoms. The molecule has 182 valence electrons. The summed E-state index contributed by atoms with van der Waals surface area (Å²) < 4.78 is 12.5. The number of hydrogen-bond donors (Lipinski definition) is 1. The molecule has 0 fully saturated rings. The third-order valence-electron chi connectivity index (χ3n) is 5.09. The monoisotopic (exact) mass is 499 g/mol. The molecule has 0 saturated carbocycles. The van der Waals surface area contributed by atoms with E-state index >= 15 is 0 Å². The van der Waals surface area contributed by atoms with Crippen LogP contribution in [0, 0.1) is 0 Å². The number of rotatable bonds is 10. The molecular weight excluding hydrogens is 474 g/mol. The highest BCUT2D eigenvalue weighted by Crippen LogP contribution is 2.29. The minimum Gasteiger partial charge on any atom is -0.497 e. The normalized spacial score (nSPS) is 11.2. The Morgan fingerprint density at radius 2 is 1.72 bits per heavy atom. The van der Waals surface area contributed by atoms with Crippen molar-refractivity contribution in [2.75, 3.05) is 20.0 Å². The second-order valence-corrected chi connectivity index (χ2v) is 8.35. The van der Waals surface area contributed by atoms with Crippen LogP contribution in [-0.4, -0.2) is 46.9 Å². The van der Waals surface area contributed by atoms with Crippen LogP contribution >= 0.6 is 11.8 Å². The summed E-state index contributed by atoms with van der Waals surface area (Å²) in [5, 5.41) is 13.3. The molecule has 0 atom stereocenters. The minimum atomic E-state index is -0.254. The van der Waals surface area contributed by atoms with Crippen LogP contribution in [0.5, 0.6) is 11.5 Å². The van der Waals surface area contributed by atoms with Crippen molar-refractivity contribution in [1.82, 2.24) is 20.2 Å². The molecule has 0 bridgehead atoms. The van der Waals surface area contributed by atoms with E-state index in [1.165, 1.54) is 18.0 Å². The van der Waals surface area contributed by atoms with Gasteiger partial charge in [-0.1, -0.05) is 48.2 Å². The van der Waals surface area contributed by atoms with Gasteiger partial charge in [0, 0.05) is 23.0 Å². The molecule has 4 aromatic rings. The summed E-state index contributed by atoms with van der Waals surface area (Å²) in [6.45, 7) is 0. The van der Waals surface area contributed by atoms with E-state index in [0.717, 1.165) is 28.3 Å². The molecule has 1 heterocycles. The van der Waals surface area contributed by atoms with Crippen molar-refractivity contribution in [3.05, 3.63) is 90.5 Å². The van der Waals surface area contributed by atoms with Crippen LogP contribution in [0.25, 0.3) is 23.2 Å². The van der Waals surface area contributed by atoms with Crippen LogP contribution in [0.15, 0.2) is 95.2 Å². The van der Waals surface area contributed by atoms with E-state index in [0.29, 0.717) is 11.0 Å². The fraction of sp³-hybridized carbons (Fsp3) is 0.111. The Hall–Kier alpha value is -4.37. The SMILES string of the molecule is COc1ccc(-c2nnc(SCC(=O)N/N=C/C=C/c3ccccc3OC)n2-c2ccccc2)cc1. The molecule has 9 heteroatoms. The zero-order chi connectivity index (χ0) is 25.2. The third kappa shape index (κ3) is 6.19. The maximum absolute atomic E-state index is 12.4. The molecular formula is C27H25N5O3S. The number of hydrazone groups is 1. The highest BCUT2D eigenvalue weighted by atomic mass is 32.2. The summed E-state index contributed by atoms with van der Waals surface area (Å²) in [4.78, 5) is 12.4. The number of benzene rings is 3. The second kappa shape index (κ2) is 12.4. The van der Waals surface area contributed by atoms with Crippen molar-refractivity contribution in [3.8, 4) is 28.6 Å². The number of hydrogen-bond acceptors (Lipinski definition) is 7. The number of ether oxygens (including phenoxy) is 2. The minimum absolute atomic E-state index is 0.126. The van der Waals surface area contributed by atoms with Gasteiger partial charge in [0.25, 0.3) is 5.91 Å². The Morgan fingerprint density at radius 1 is 0.972 bits per heavy atom. The summed E-state index contributed by atoms with van der Waals surface area (Å²) >= 11 is 1.28. The predicted octanol–water partition coefficient (Wildman–Crippen LogP) is 4.86. The van der Waals surface area contributed by atoms with E-state index in [4.69, 9.17) is 9.47 Å². The van der Waals surface area contributed by atoms with Crippen LogP contribution in [-0.2, 0) is 4.79 Å². The lowest BCUT2D eigenvalue weighted by molar-refractivity contribution is -0.118. The van der Waals surface area contributed by atoms with Crippen molar-refractivity contribution >= 4 is 30.0 Å². The van der Waals surface area contributed by atoms with Gasteiger partial charge < -0.3 is 9.47 Å². The van der Waals surface area contributed by atoms with Crippen molar-refractivity contribution in [2.45, 2.75) is 5.16 Å². The zero-order valence-electron chi connectivity index (χ0n) is 19.9. The van der Waals surface area contributed by atoms with E-state index in [1.807, 2.05) is 89.5 Å². The molecule has 1 amide bonds. The number of nitrogens with zero attached hydrogens (tertiary/aromatic N) is 4. The van der Waals surface area contributed by atoms with Crippen molar-refractivity contribution < 1.29 is 14.3 Å². The summed E-state index contributed by atoms with van der Waals surface area (Å²) in [6.07, 6.45) is 5.11. The maximum atomic E-state index is 12.4. The van der Waals surface area contributed by atoms with Gasteiger partial charge in [-0.15, -0.1) is 10.2 Å². The predicted molar refractivity (Wildman–Crippen MR) is 143 cm³/mol. The molecule has 0 aliphatic heterocycles. The average Bonchev–Trinajstić information content (AvgIpc) is 3.36. The quantitative estimate of drug-likeness (QED) is 0.190. The van der Waals surface area contributed by atoms with Gasteiger partial charge in [0.1, 0.15) is 11.5 Å². The van der Waals surface area contributed by atoms with Crippen molar-refractivity contribution in [2.24, 2.45) is 5.10 Å². The fourth-order valence-corrected chi connectivity index (χ4v) is 4.11. The lowest BCUT2D eigenvalue weighted by atomic mass is 10.2. The van der Waals surface area contributed by atoms with E-state index < -0.39 is 0 Å². The molecule has 0 radical (unpaired) electrons. The summed E-state index contributed by atoms with van der Waals surface area (Å²) in [7, 11) is 3.25. The van der Waals surface area contributed by atoms with Gasteiger partial charge in [0.2, 0.25) is 0 Å². The molecule has 1 aromatic heterocycles. The molecule has 3 aromatic carbocycles. The number of nitrogens with one attached hydrogen (secondary N) is 1. The van der Waals surface area contributed by atoms with Gasteiger partial charge in [0.15, 0.2) is 11.0 Å². The smallest absolute Gasteiger partial charge is 0.250 e. The lowest BCUT2D eigenvalue weighted by Gasteiger charge is -2.10. The summed E-state index contributed by atoms with van der Waals surface area (Å²) in [5.74, 6) is 2.07. The number of carbonyl (C=O) groups is 1. The topological polar surface area (TPSA) is 90.6 Å². The molecule has 0 aliphatic carbocycles. The maximum Gasteiger partial charge on any atom is 0.250 e. The second-order valence-electron chi connectivity index (χ2n) is 7.41. The van der Waals surface area contributed by atoms with E-state index in [2.05, 4.69) is 20.7 Å². The number of allylic oxidation sites excluding steroid dienone is 1. The first-order valence-electron chi connectivity index (χ1n) is 11.1. The van der Waals surface area contributed by atoms with Gasteiger partial charge in [-0.3, -0.25) is 9.36 Å². The van der Waals surface area contributed by atoms with E-state index in [9.17, 15) is 4.79 Å². The standard InChI is InChI=1S/C27H25N5O3S/c1-34-23-16-14-21(15-17-23)26-30-31-27(32(26)22-11-4-3-5-12-22)36-19-25(33)29-28-18-8-10-20-9-6-7-13-24(20)35-2/h3-18H,19H2,1-2H3,(H,29,33)/b10-8+,28-18+. The molecule has 0 aliphatic rings. The summed E-state index contributed by atoms with van der Waals surface area (Å²) in [5.41, 5.74) is 5.23. The average molecular weight is 500 g/mol. The number of thioether (sulfide) groups is 1. The van der Waals surface area contributed by atoms with Gasteiger partial charge in [-0.05, 0) is 54.6 Å². The Kier molecular flexibility index (Phi) is 8.50. The molecule has 1 N–H and O–H groups in total. The Morgan fingerprint density at radius 3 is 2.47 bits per heavy atom. The zero-order valence-corrected chi connectivity index (χ0v) is 20.7. The third-order valence-corrected chi connectivity index (χ3v) is 6.02. The highest BCUT2D eigenvalue weighted by Gasteiger charge is 2.17. The number of aromatic nitrogens is 3. The number of carbonyl (C=O) groups excluding carboxylic acids is 1. The van der Waals surface area contributed by atoms with Crippen LogP contribution in [0.1, 0.15) is 5.56 Å². The number of methoxy groups -OCH3 is 2. The van der Waals surface area contributed by atoms with Crippen LogP contribution < -0.4 is 14.9 Å². The fourth-order valence-electron chi connectivity index (χ4n) is 3.37. The van der Waals surface area contributed by atoms with Gasteiger partial charge in [0.05, 0.1) is 20.0 Å². The first kappa shape index (κ1) is 24.7. The largest absolute Gasteiger partial charge is 0.497 e. The van der Waals surface area contributed by atoms with Gasteiger partial charge in [-0.25, -0.2) is 5.43 Å². The van der Waals surface area contributed by atoms with Crippen LogP contribution in [0.2, 0.25) is 0 Å². The highest BCUT2D eigenvalue weighted by molar-refractivity contribution is 7.99. The van der Waals surface area contributed by atoms with Gasteiger partial charge >= 0.3 is 0 Å². The van der Waals surface area contributed by atoms with E-state index in [-0.39, 0.29) is 11.7 Å².